The minimum atomic E-state index is 0.0836. The molecular formula is C22H18N4O. The molecule has 0 saturated heterocycles. The molecule has 0 amide bonds. The first-order chi connectivity index (χ1) is 13.3. The molecular weight excluding hydrogens is 336 g/mol. The van der Waals surface area contributed by atoms with Crippen LogP contribution in [0.2, 0.25) is 0 Å². The summed E-state index contributed by atoms with van der Waals surface area (Å²) in [5.41, 5.74) is 4.37. The molecule has 5 heteroatoms. The first-order valence-electron chi connectivity index (χ1n) is 8.56. The van der Waals surface area contributed by atoms with Crippen molar-refractivity contribution in [1.29, 1.82) is 5.26 Å². The van der Waals surface area contributed by atoms with Gasteiger partial charge in [-0.2, -0.15) is 10.4 Å². The molecule has 27 heavy (non-hydrogen) atoms. The largest absolute Gasteiger partial charge is 0.395 e. The third-order valence-corrected chi connectivity index (χ3v) is 3.90. The minimum absolute atomic E-state index is 0.0836. The summed E-state index contributed by atoms with van der Waals surface area (Å²) in [5, 5.41) is 29.6. The normalized spacial score (nSPS) is 9.93. The zero-order chi connectivity index (χ0) is 18.9. The highest BCUT2D eigenvalue weighted by molar-refractivity contribution is 5.74. The number of nitrogens with one attached hydrogen (secondary N) is 1. The molecule has 0 radical (unpaired) electrons. The third kappa shape index (κ3) is 4.77. The maximum Gasteiger partial charge on any atom is 0.136 e. The average Bonchev–Trinajstić information content (AvgIpc) is 2.73. The van der Waals surface area contributed by atoms with E-state index in [2.05, 4.69) is 33.4 Å². The summed E-state index contributed by atoms with van der Waals surface area (Å²) < 4.78 is 0. The van der Waals surface area contributed by atoms with E-state index in [0.29, 0.717) is 29.9 Å². The summed E-state index contributed by atoms with van der Waals surface area (Å²) >= 11 is 0. The van der Waals surface area contributed by atoms with Crippen LogP contribution in [0.1, 0.15) is 22.5 Å². The first kappa shape index (κ1) is 18.3. The van der Waals surface area contributed by atoms with Gasteiger partial charge in [-0.25, -0.2) is 0 Å². The van der Waals surface area contributed by atoms with Gasteiger partial charge in [0.05, 0.1) is 17.9 Å². The number of aromatic nitrogens is 2. The number of benzene rings is 2. The highest BCUT2D eigenvalue weighted by Gasteiger charge is 2.08. The lowest BCUT2D eigenvalue weighted by molar-refractivity contribution is 0.291. The van der Waals surface area contributed by atoms with Gasteiger partial charge in [0.2, 0.25) is 0 Å². The minimum Gasteiger partial charge on any atom is -0.395 e. The number of rotatable bonds is 5. The SMILES string of the molecule is N#Cc1c(C#Cc2ccc(CNCCO)nn2)cccc1-c1ccccc1. The van der Waals surface area contributed by atoms with Crippen LogP contribution >= 0.6 is 0 Å². The molecule has 3 aromatic rings. The number of hydrogen-bond donors (Lipinski definition) is 2. The van der Waals surface area contributed by atoms with E-state index in [9.17, 15) is 5.26 Å². The van der Waals surface area contributed by atoms with Crippen LogP contribution in [-0.2, 0) is 6.54 Å². The molecule has 0 aliphatic carbocycles. The van der Waals surface area contributed by atoms with Gasteiger partial charge in [0, 0.05) is 24.2 Å². The molecule has 132 valence electrons. The highest BCUT2D eigenvalue weighted by atomic mass is 16.3. The van der Waals surface area contributed by atoms with E-state index >= 15 is 0 Å². The van der Waals surface area contributed by atoms with E-state index < -0.39 is 0 Å². The van der Waals surface area contributed by atoms with Gasteiger partial charge in [-0.3, -0.25) is 0 Å². The molecule has 0 bridgehead atoms. The van der Waals surface area contributed by atoms with Crippen LogP contribution in [0.3, 0.4) is 0 Å². The van der Waals surface area contributed by atoms with Crippen LogP contribution in [0.15, 0.2) is 60.7 Å². The number of nitrogens with zero attached hydrogens (tertiary/aromatic N) is 3. The number of nitriles is 1. The monoisotopic (exact) mass is 354 g/mol. The van der Waals surface area contributed by atoms with Gasteiger partial charge < -0.3 is 10.4 Å². The van der Waals surface area contributed by atoms with E-state index in [-0.39, 0.29) is 6.61 Å². The van der Waals surface area contributed by atoms with Gasteiger partial charge in [0.15, 0.2) is 0 Å². The molecule has 0 spiro atoms. The highest BCUT2D eigenvalue weighted by Crippen LogP contribution is 2.25. The van der Waals surface area contributed by atoms with E-state index in [4.69, 9.17) is 5.11 Å². The van der Waals surface area contributed by atoms with Gasteiger partial charge in [0.25, 0.3) is 0 Å². The van der Waals surface area contributed by atoms with Crippen LogP contribution in [0.25, 0.3) is 11.1 Å². The molecule has 0 saturated carbocycles. The Balaban J connectivity index is 1.84. The predicted molar refractivity (Wildman–Crippen MR) is 103 cm³/mol. The van der Waals surface area contributed by atoms with E-state index in [1.165, 1.54) is 0 Å². The molecule has 0 unspecified atom stereocenters. The summed E-state index contributed by atoms with van der Waals surface area (Å²) in [7, 11) is 0. The maximum atomic E-state index is 9.63. The van der Waals surface area contributed by atoms with Crippen molar-refractivity contribution in [2.24, 2.45) is 0 Å². The van der Waals surface area contributed by atoms with Crippen molar-refractivity contribution < 1.29 is 5.11 Å². The van der Waals surface area contributed by atoms with Crippen molar-refractivity contribution in [3.05, 3.63) is 83.2 Å². The van der Waals surface area contributed by atoms with Crippen LogP contribution < -0.4 is 5.32 Å². The molecule has 3 rings (SSSR count). The second-order valence-electron chi connectivity index (χ2n) is 5.77. The Labute approximate surface area is 158 Å². The predicted octanol–water partition coefficient (Wildman–Crippen LogP) is 2.50. The summed E-state index contributed by atoms with van der Waals surface area (Å²) in [6.45, 7) is 1.14. The Bertz CT molecular complexity index is 996. The smallest absolute Gasteiger partial charge is 0.136 e. The fourth-order valence-corrected chi connectivity index (χ4v) is 2.58. The van der Waals surface area contributed by atoms with E-state index in [1.807, 2.05) is 54.6 Å². The fraction of sp³-hybridized carbons (Fsp3) is 0.136. The summed E-state index contributed by atoms with van der Waals surface area (Å²) in [4.78, 5) is 0. The fourth-order valence-electron chi connectivity index (χ4n) is 2.58. The Hall–Kier alpha value is -3.51. The molecule has 0 atom stereocenters. The average molecular weight is 354 g/mol. The van der Waals surface area contributed by atoms with E-state index in [0.717, 1.165) is 16.8 Å². The molecule has 0 aliphatic rings. The van der Waals surface area contributed by atoms with Crippen molar-refractivity contribution in [2.45, 2.75) is 6.54 Å². The Morgan fingerprint density at radius 1 is 0.926 bits per heavy atom. The standard InChI is InChI=1S/C22H18N4O/c23-15-22-18(7-4-8-21(22)17-5-2-1-3-6-17)9-10-19-11-12-20(26-25-19)16-24-13-14-27/h1-8,11-12,24,27H,13-14,16H2. The van der Waals surface area contributed by atoms with Gasteiger partial charge >= 0.3 is 0 Å². The van der Waals surface area contributed by atoms with Crippen molar-refractivity contribution >= 4 is 0 Å². The number of hydrogen-bond acceptors (Lipinski definition) is 5. The first-order valence-corrected chi connectivity index (χ1v) is 8.56. The molecule has 0 fully saturated rings. The Kier molecular flexibility index (Phi) is 6.27. The molecule has 2 aromatic carbocycles. The second kappa shape index (κ2) is 9.26. The van der Waals surface area contributed by atoms with Gasteiger partial charge in [-0.1, -0.05) is 48.4 Å². The zero-order valence-corrected chi connectivity index (χ0v) is 14.7. The van der Waals surface area contributed by atoms with Crippen molar-refractivity contribution in [3.63, 3.8) is 0 Å². The third-order valence-electron chi connectivity index (χ3n) is 3.90. The van der Waals surface area contributed by atoms with Gasteiger partial charge in [-0.05, 0) is 29.7 Å². The molecule has 1 aromatic heterocycles. The zero-order valence-electron chi connectivity index (χ0n) is 14.7. The van der Waals surface area contributed by atoms with Crippen molar-refractivity contribution in [2.75, 3.05) is 13.2 Å². The summed E-state index contributed by atoms with van der Waals surface area (Å²) in [6, 6.07) is 21.3. The second-order valence-corrected chi connectivity index (χ2v) is 5.77. The van der Waals surface area contributed by atoms with Crippen molar-refractivity contribution in [1.82, 2.24) is 15.5 Å². The summed E-state index contributed by atoms with van der Waals surface area (Å²) in [6.07, 6.45) is 0. The van der Waals surface area contributed by atoms with Crippen LogP contribution in [0.4, 0.5) is 0 Å². The molecule has 2 N–H and O–H groups in total. The summed E-state index contributed by atoms with van der Waals surface area (Å²) in [5.74, 6) is 6.01. The van der Waals surface area contributed by atoms with Crippen LogP contribution in [0.5, 0.6) is 0 Å². The topological polar surface area (TPSA) is 81.8 Å². The lowest BCUT2D eigenvalue weighted by Crippen LogP contribution is -2.18. The molecule has 0 aliphatic heterocycles. The van der Waals surface area contributed by atoms with E-state index in [1.54, 1.807) is 6.07 Å². The lowest BCUT2D eigenvalue weighted by Gasteiger charge is -2.05. The molecule has 5 nitrogen and oxygen atoms in total. The van der Waals surface area contributed by atoms with Crippen molar-refractivity contribution in [3.8, 4) is 29.0 Å². The Morgan fingerprint density at radius 3 is 2.48 bits per heavy atom. The lowest BCUT2D eigenvalue weighted by atomic mass is 9.96. The number of aliphatic hydroxyl groups is 1. The van der Waals surface area contributed by atoms with Gasteiger partial charge in [0.1, 0.15) is 11.8 Å². The van der Waals surface area contributed by atoms with Crippen LogP contribution in [0, 0.1) is 23.2 Å². The quantitative estimate of drug-likeness (QED) is 0.543. The van der Waals surface area contributed by atoms with Crippen LogP contribution in [-0.4, -0.2) is 28.5 Å². The number of aliphatic hydroxyl groups excluding tert-OH is 1. The Morgan fingerprint density at radius 2 is 1.78 bits per heavy atom. The molecule has 1 heterocycles. The van der Waals surface area contributed by atoms with Gasteiger partial charge in [-0.15, -0.1) is 5.10 Å². The maximum absolute atomic E-state index is 9.63.